The topological polar surface area (TPSA) is 87.7 Å². The molecule has 2 atom stereocenters. The molecule has 3 N–H and O–H groups in total. The van der Waals surface area contributed by atoms with E-state index in [1.807, 2.05) is 13.8 Å². The molecular weight excluding hydrogens is 320 g/mol. The van der Waals surface area contributed by atoms with Crippen LogP contribution in [0.1, 0.15) is 20.3 Å². The SMILES string of the molecule is CC[C@H](C)[C@H](NCC(=O)NCCOc1cccc(Cl)c1)C(=O)O. The van der Waals surface area contributed by atoms with E-state index in [4.69, 9.17) is 21.4 Å². The van der Waals surface area contributed by atoms with Gasteiger partial charge < -0.3 is 15.2 Å². The molecule has 0 radical (unpaired) electrons. The van der Waals surface area contributed by atoms with Crippen molar-refractivity contribution in [2.24, 2.45) is 5.92 Å². The number of hydrogen-bond acceptors (Lipinski definition) is 4. The molecule has 23 heavy (non-hydrogen) atoms. The standard InChI is InChI=1S/C16H23ClN2O4/c1-3-11(2)15(16(21)22)19-10-14(20)18-7-8-23-13-6-4-5-12(17)9-13/h4-6,9,11,15,19H,3,7-8,10H2,1-2H3,(H,18,20)(H,21,22)/t11-,15-/m0/s1. The number of benzene rings is 1. The molecule has 1 amide bonds. The molecule has 7 heteroatoms. The Labute approximate surface area is 141 Å². The fraction of sp³-hybridized carbons (Fsp3) is 0.500. The molecule has 0 aliphatic rings. The Hall–Kier alpha value is -1.79. The van der Waals surface area contributed by atoms with Gasteiger partial charge in [0.2, 0.25) is 5.91 Å². The van der Waals surface area contributed by atoms with Crippen molar-refractivity contribution in [2.45, 2.75) is 26.3 Å². The van der Waals surface area contributed by atoms with E-state index in [1.54, 1.807) is 24.3 Å². The highest BCUT2D eigenvalue weighted by Crippen LogP contribution is 2.16. The average Bonchev–Trinajstić information content (AvgIpc) is 2.51. The zero-order valence-corrected chi connectivity index (χ0v) is 14.1. The first-order chi connectivity index (χ1) is 10.9. The first-order valence-corrected chi connectivity index (χ1v) is 7.93. The lowest BCUT2D eigenvalue weighted by molar-refractivity contribution is -0.140. The van der Waals surface area contributed by atoms with Crippen LogP contribution in [-0.2, 0) is 9.59 Å². The van der Waals surface area contributed by atoms with Crippen LogP contribution in [0.5, 0.6) is 5.75 Å². The maximum absolute atomic E-state index is 11.7. The minimum Gasteiger partial charge on any atom is -0.492 e. The van der Waals surface area contributed by atoms with Crippen LogP contribution in [-0.4, -0.2) is 42.7 Å². The molecule has 0 fully saturated rings. The number of nitrogens with one attached hydrogen (secondary N) is 2. The van der Waals surface area contributed by atoms with Crippen molar-refractivity contribution in [3.63, 3.8) is 0 Å². The van der Waals surface area contributed by atoms with Gasteiger partial charge in [-0.1, -0.05) is 37.9 Å². The highest BCUT2D eigenvalue weighted by Gasteiger charge is 2.23. The quantitative estimate of drug-likeness (QED) is 0.565. The summed E-state index contributed by atoms with van der Waals surface area (Å²) in [6.45, 7) is 4.34. The summed E-state index contributed by atoms with van der Waals surface area (Å²) in [5.41, 5.74) is 0. The number of carbonyl (C=O) groups excluding carboxylic acids is 1. The van der Waals surface area contributed by atoms with E-state index in [0.717, 1.165) is 6.42 Å². The molecule has 0 saturated carbocycles. The van der Waals surface area contributed by atoms with E-state index in [2.05, 4.69) is 10.6 Å². The van der Waals surface area contributed by atoms with Crippen LogP contribution in [0.2, 0.25) is 5.02 Å². The van der Waals surface area contributed by atoms with Crippen molar-refractivity contribution in [3.8, 4) is 5.75 Å². The van der Waals surface area contributed by atoms with Gasteiger partial charge in [-0.3, -0.25) is 14.9 Å². The molecule has 1 rings (SSSR count). The average molecular weight is 343 g/mol. The predicted molar refractivity (Wildman–Crippen MR) is 88.8 cm³/mol. The summed E-state index contributed by atoms with van der Waals surface area (Å²) in [5.74, 6) is -0.635. The van der Waals surface area contributed by atoms with E-state index < -0.39 is 12.0 Å². The van der Waals surface area contributed by atoms with Gasteiger partial charge in [0.05, 0.1) is 13.1 Å². The fourth-order valence-electron chi connectivity index (χ4n) is 1.95. The van der Waals surface area contributed by atoms with E-state index in [0.29, 0.717) is 23.9 Å². The van der Waals surface area contributed by atoms with Crippen molar-refractivity contribution >= 4 is 23.5 Å². The van der Waals surface area contributed by atoms with Gasteiger partial charge >= 0.3 is 5.97 Å². The minimum absolute atomic E-state index is 0.0432. The Morgan fingerprint density at radius 2 is 2.13 bits per heavy atom. The Morgan fingerprint density at radius 3 is 2.74 bits per heavy atom. The summed E-state index contributed by atoms with van der Waals surface area (Å²) < 4.78 is 5.44. The van der Waals surface area contributed by atoms with E-state index in [9.17, 15) is 9.59 Å². The van der Waals surface area contributed by atoms with E-state index in [1.165, 1.54) is 0 Å². The Balaban J connectivity index is 2.25. The largest absolute Gasteiger partial charge is 0.492 e. The molecule has 0 aliphatic carbocycles. The van der Waals surface area contributed by atoms with Gasteiger partial charge in [0.1, 0.15) is 18.4 Å². The summed E-state index contributed by atoms with van der Waals surface area (Å²) >= 11 is 5.84. The maximum atomic E-state index is 11.7. The lowest BCUT2D eigenvalue weighted by Gasteiger charge is -2.19. The monoisotopic (exact) mass is 342 g/mol. The minimum atomic E-state index is -0.948. The van der Waals surface area contributed by atoms with Crippen molar-refractivity contribution in [1.29, 1.82) is 0 Å². The Bertz CT molecular complexity index is 525. The zero-order valence-electron chi connectivity index (χ0n) is 13.3. The Kier molecular flexibility index (Phi) is 8.43. The fourth-order valence-corrected chi connectivity index (χ4v) is 2.13. The molecular formula is C16H23ClN2O4. The first kappa shape index (κ1) is 19.3. The van der Waals surface area contributed by atoms with Crippen LogP contribution >= 0.6 is 11.6 Å². The van der Waals surface area contributed by atoms with Gasteiger partial charge in [0.25, 0.3) is 0 Å². The lowest BCUT2D eigenvalue weighted by Crippen LogP contribution is -2.46. The Morgan fingerprint density at radius 1 is 1.39 bits per heavy atom. The number of rotatable bonds is 10. The number of hydrogen-bond donors (Lipinski definition) is 3. The molecule has 0 saturated heterocycles. The molecule has 0 aliphatic heterocycles. The van der Waals surface area contributed by atoms with Crippen molar-refractivity contribution in [3.05, 3.63) is 29.3 Å². The van der Waals surface area contributed by atoms with Gasteiger partial charge in [0.15, 0.2) is 0 Å². The van der Waals surface area contributed by atoms with Gasteiger partial charge in [-0.25, -0.2) is 0 Å². The number of carboxylic acids is 1. The van der Waals surface area contributed by atoms with Crippen LogP contribution < -0.4 is 15.4 Å². The second-order valence-corrected chi connectivity index (χ2v) is 5.67. The number of halogens is 1. The number of ether oxygens (including phenoxy) is 1. The van der Waals surface area contributed by atoms with Crippen LogP contribution in [0.25, 0.3) is 0 Å². The van der Waals surface area contributed by atoms with Gasteiger partial charge in [-0.2, -0.15) is 0 Å². The van der Waals surface area contributed by atoms with Crippen molar-refractivity contribution < 1.29 is 19.4 Å². The second kappa shape index (κ2) is 10.1. The number of carbonyl (C=O) groups is 2. The lowest BCUT2D eigenvalue weighted by atomic mass is 9.99. The molecule has 1 aromatic rings. The molecule has 0 unspecified atom stereocenters. The van der Waals surface area contributed by atoms with Crippen LogP contribution in [0.15, 0.2) is 24.3 Å². The molecule has 0 heterocycles. The summed E-state index contributed by atoms with van der Waals surface area (Å²) in [5, 5.41) is 15.1. The summed E-state index contributed by atoms with van der Waals surface area (Å²) in [6, 6.07) is 6.26. The second-order valence-electron chi connectivity index (χ2n) is 5.24. The van der Waals surface area contributed by atoms with Crippen LogP contribution in [0.3, 0.4) is 0 Å². The summed E-state index contributed by atoms with van der Waals surface area (Å²) in [4.78, 5) is 22.8. The van der Waals surface area contributed by atoms with E-state index >= 15 is 0 Å². The maximum Gasteiger partial charge on any atom is 0.320 e. The predicted octanol–water partition coefficient (Wildman–Crippen LogP) is 1.92. The van der Waals surface area contributed by atoms with Crippen molar-refractivity contribution in [1.82, 2.24) is 10.6 Å². The normalized spacial score (nSPS) is 13.2. The first-order valence-electron chi connectivity index (χ1n) is 7.55. The molecule has 6 nitrogen and oxygen atoms in total. The summed E-state index contributed by atoms with van der Waals surface area (Å²) in [6.07, 6.45) is 0.721. The molecule has 128 valence electrons. The number of aliphatic carboxylic acids is 1. The zero-order chi connectivity index (χ0) is 17.2. The molecule has 0 aromatic heterocycles. The molecule has 1 aromatic carbocycles. The highest BCUT2D eigenvalue weighted by molar-refractivity contribution is 6.30. The van der Waals surface area contributed by atoms with Gasteiger partial charge in [-0.15, -0.1) is 0 Å². The molecule has 0 bridgehead atoms. The third-order valence-corrected chi connectivity index (χ3v) is 3.69. The number of amides is 1. The van der Waals surface area contributed by atoms with Crippen LogP contribution in [0, 0.1) is 5.92 Å². The summed E-state index contributed by atoms with van der Waals surface area (Å²) in [7, 11) is 0. The van der Waals surface area contributed by atoms with Gasteiger partial charge in [0, 0.05) is 5.02 Å². The number of carboxylic acid groups (broad SMARTS) is 1. The third kappa shape index (κ3) is 7.34. The van der Waals surface area contributed by atoms with E-state index in [-0.39, 0.29) is 18.4 Å². The van der Waals surface area contributed by atoms with Crippen molar-refractivity contribution in [2.75, 3.05) is 19.7 Å². The highest BCUT2D eigenvalue weighted by atomic mass is 35.5. The smallest absolute Gasteiger partial charge is 0.320 e. The third-order valence-electron chi connectivity index (χ3n) is 3.45. The molecule has 0 spiro atoms. The van der Waals surface area contributed by atoms with Gasteiger partial charge in [-0.05, 0) is 24.1 Å². The van der Waals surface area contributed by atoms with Crippen LogP contribution in [0.4, 0.5) is 0 Å².